The van der Waals surface area contributed by atoms with E-state index in [2.05, 4.69) is 15.0 Å². The average Bonchev–Trinajstić information content (AvgIpc) is 2.97. The van der Waals surface area contributed by atoms with Crippen molar-refractivity contribution in [1.82, 2.24) is 10.2 Å². The second kappa shape index (κ2) is 5.33. The van der Waals surface area contributed by atoms with Crippen LogP contribution in [0.3, 0.4) is 0 Å². The highest BCUT2D eigenvalue weighted by Gasteiger charge is 2.22. The van der Waals surface area contributed by atoms with Crippen LogP contribution in [0.25, 0.3) is 0 Å². The van der Waals surface area contributed by atoms with Crippen LogP contribution in [0.4, 0.5) is 0 Å². The topological polar surface area (TPSA) is 54.7 Å². The molecule has 0 amide bonds. The molecule has 1 atom stereocenters. The number of esters is 1. The maximum atomic E-state index is 11.2. The molecule has 1 aliphatic heterocycles. The summed E-state index contributed by atoms with van der Waals surface area (Å²) in [5, 5.41) is 3.27. The third kappa shape index (κ3) is 2.87. The summed E-state index contributed by atoms with van der Waals surface area (Å²) in [6, 6.07) is 4.05. The molecule has 1 aliphatic rings. The minimum Gasteiger partial charge on any atom is -0.463 e. The lowest BCUT2D eigenvalue weighted by atomic mass is 10.3. The van der Waals surface area contributed by atoms with E-state index in [0.29, 0.717) is 6.04 Å². The van der Waals surface area contributed by atoms with Crippen LogP contribution < -0.4 is 5.32 Å². The second-order valence-electron chi connectivity index (χ2n) is 4.27. The van der Waals surface area contributed by atoms with Gasteiger partial charge in [0, 0.05) is 19.1 Å². The molecule has 5 heteroatoms. The Hall–Kier alpha value is -1.33. The smallest absolute Gasteiger partial charge is 0.373 e. The number of rotatable bonds is 4. The Kier molecular flexibility index (Phi) is 3.81. The molecule has 1 unspecified atom stereocenters. The zero-order valence-corrected chi connectivity index (χ0v) is 10.2. The third-order valence-corrected chi connectivity index (χ3v) is 3.11. The summed E-state index contributed by atoms with van der Waals surface area (Å²) in [7, 11) is 3.33. The monoisotopic (exact) mass is 238 g/mol. The van der Waals surface area contributed by atoms with Gasteiger partial charge in [0.25, 0.3) is 0 Å². The number of carbonyl (C=O) groups is 1. The van der Waals surface area contributed by atoms with E-state index < -0.39 is 5.97 Å². The predicted octanol–water partition coefficient (Wildman–Crippen LogP) is 0.860. The fourth-order valence-electron chi connectivity index (χ4n) is 2.11. The van der Waals surface area contributed by atoms with Gasteiger partial charge in [-0.3, -0.25) is 4.90 Å². The molecule has 1 fully saturated rings. The first-order valence-electron chi connectivity index (χ1n) is 5.79. The maximum absolute atomic E-state index is 11.2. The number of hydrogen-bond acceptors (Lipinski definition) is 5. The molecule has 2 rings (SSSR count). The zero-order valence-electron chi connectivity index (χ0n) is 10.2. The molecule has 0 aromatic carbocycles. The molecule has 0 aliphatic carbocycles. The van der Waals surface area contributed by atoms with Crippen LogP contribution in [0.5, 0.6) is 0 Å². The highest BCUT2D eigenvalue weighted by molar-refractivity contribution is 5.86. The van der Waals surface area contributed by atoms with Crippen molar-refractivity contribution < 1.29 is 13.9 Å². The SMILES string of the molecule is CNC1CCN(Cc2ccc(C(=O)OC)o2)C1. The minimum atomic E-state index is -0.425. The summed E-state index contributed by atoms with van der Waals surface area (Å²) in [5.41, 5.74) is 0. The number of nitrogens with one attached hydrogen (secondary N) is 1. The summed E-state index contributed by atoms with van der Waals surface area (Å²) < 4.78 is 10.0. The van der Waals surface area contributed by atoms with E-state index in [0.717, 1.165) is 31.8 Å². The summed E-state index contributed by atoms with van der Waals surface area (Å²) in [6.45, 7) is 2.82. The number of methoxy groups -OCH3 is 1. The molecule has 0 bridgehead atoms. The number of likely N-dealkylation sites (N-methyl/N-ethyl adjacent to an activating group) is 1. The van der Waals surface area contributed by atoms with Gasteiger partial charge >= 0.3 is 5.97 Å². The van der Waals surface area contributed by atoms with Gasteiger partial charge in [-0.2, -0.15) is 0 Å². The molecule has 17 heavy (non-hydrogen) atoms. The van der Waals surface area contributed by atoms with Crippen LogP contribution in [-0.4, -0.2) is 44.2 Å². The van der Waals surface area contributed by atoms with Gasteiger partial charge in [0.2, 0.25) is 5.76 Å². The molecule has 5 nitrogen and oxygen atoms in total. The summed E-state index contributed by atoms with van der Waals surface area (Å²) >= 11 is 0. The van der Waals surface area contributed by atoms with Crippen molar-refractivity contribution in [2.45, 2.75) is 19.0 Å². The number of ether oxygens (including phenoxy) is 1. The van der Waals surface area contributed by atoms with Crippen LogP contribution in [0.2, 0.25) is 0 Å². The number of furan rings is 1. The Morgan fingerprint density at radius 3 is 3.12 bits per heavy atom. The first kappa shape index (κ1) is 12.1. The first-order chi connectivity index (χ1) is 8.22. The van der Waals surface area contributed by atoms with Crippen molar-refractivity contribution >= 4 is 5.97 Å². The minimum absolute atomic E-state index is 0.270. The van der Waals surface area contributed by atoms with Crippen LogP contribution in [0, 0.1) is 0 Å². The second-order valence-corrected chi connectivity index (χ2v) is 4.27. The van der Waals surface area contributed by atoms with Gasteiger partial charge in [-0.25, -0.2) is 4.79 Å². The molecule has 1 N–H and O–H groups in total. The molecular formula is C12H18N2O3. The quantitative estimate of drug-likeness (QED) is 0.788. The lowest BCUT2D eigenvalue weighted by molar-refractivity contribution is 0.0561. The van der Waals surface area contributed by atoms with Crippen molar-refractivity contribution in [2.24, 2.45) is 0 Å². The Bertz CT molecular complexity index is 389. The van der Waals surface area contributed by atoms with E-state index in [1.807, 2.05) is 13.1 Å². The third-order valence-electron chi connectivity index (χ3n) is 3.11. The molecule has 1 saturated heterocycles. The van der Waals surface area contributed by atoms with Crippen LogP contribution in [0.1, 0.15) is 22.7 Å². The van der Waals surface area contributed by atoms with E-state index in [1.165, 1.54) is 7.11 Å². The van der Waals surface area contributed by atoms with E-state index in [9.17, 15) is 4.79 Å². The maximum Gasteiger partial charge on any atom is 0.373 e. The predicted molar refractivity (Wildman–Crippen MR) is 62.8 cm³/mol. The van der Waals surface area contributed by atoms with E-state index in [-0.39, 0.29) is 5.76 Å². The summed E-state index contributed by atoms with van der Waals surface area (Å²) in [5.74, 6) is 0.653. The van der Waals surface area contributed by atoms with Crippen molar-refractivity contribution in [3.05, 3.63) is 23.7 Å². The molecular weight excluding hydrogens is 220 g/mol. The van der Waals surface area contributed by atoms with Crippen molar-refractivity contribution in [1.29, 1.82) is 0 Å². The van der Waals surface area contributed by atoms with Crippen LogP contribution in [-0.2, 0) is 11.3 Å². The van der Waals surface area contributed by atoms with Gasteiger partial charge in [0.15, 0.2) is 0 Å². The average molecular weight is 238 g/mol. The van der Waals surface area contributed by atoms with Crippen LogP contribution >= 0.6 is 0 Å². The highest BCUT2D eigenvalue weighted by atomic mass is 16.5. The van der Waals surface area contributed by atoms with Gasteiger partial charge in [-0.05, 0) is 25.6 Å². The molecule has 1 aromatic rings. The van der Waals surface area contributed by atoms with Gasteiger partial charge in [0.05, 0.1) is 13.7 Å². The van der Waals surface area contributed by atoms with Gasteiger partial charge in [0.1, 0.15) is 5.76 Å². The highest BCUT2D eigenvalue weighted by Crippen LogP contribution is 2.15. The van der Waals surface area contributed by atoms with Crippen molar-refractivity contribution in [3.8, 4) is 0 Å². The number of hydrogen-bond donors (Lipinski definition) is 1. The van der Waals surface area contributed by atoms with Crippen LogP contribution in [0.15, 0.2) is 16.5 Å². The van der Waals surface area contributed by atoms with Gasteiger partial charge < -0.3 is 14.5 Å². The number of likely N-dealkylation sites (tertiary alicyclic amines) is 1. The Morgan fingerprint density at radius 2 is 2.47 bits per heavy atom. The normalized spacial score (nSPS) is 20.7. The molecule has 0 saturated carbocycles. The summed E-state index contributed by atoms with van der Waals surface area (Å²) in [4.78, 5) is 13.5. The van der Waals surface area contributed by atoms with E-state index in [1.54, 1.807) is 6.07 Å². The Balaban J connectivity index is 1.91. The number of nitrogens with zero attached hydrogens (tertiary/aromatic N) is 1. The van der Waals surface area contributed by atoms with Gasteiger partial charge in [-0.15, -0.1) is 0 Å². The molecule has 0 radical (unpaired) electrons. The molecule has 94 valence electrons. The Morgan fingerprint density at radius 1 is 1.65 bits per heavy atom. The van der Waals surface area contributed by atoms with E-state index in [4.69, 9.17) is 4.42 Å². The fraction of sp³-hybridized carbons (Fsp3) is 0.583. The lowest BCUT2D eigenvalue weighted by Gasteiger charge is -2.13. The largest absolute Gasteiger partial charge is 0.463 e. The lowest BCUT2D eigenvalue weighted by Crippen LogP contribution is -2.29. The van der Waals surface area contributed by atoms with E-state index >= 15 is 0 Å². The van der Waals surface area contributed by atoms with Crippen molar-refractivity contribution in [2.75, 3.05) is 27.2 Å². The zero-order chi connectivity index (χ0) is 12.3. The number of carbonyl (C=O) groups excluding carboxylic acids is 1. The first-order valence-corrected chi connectivity index (χ1v) is 5.79. The molecule has 0 spiro atoms. The Labute approximate surface area is 101 Å². The fourth-order valence-corrected chi connectivity index (χ4v) is 2.11. The van der Waals surface area contributed by atoms with Crippen molar-refractivity contribution in [3.63, 3.8) is 0 Å². The standard InChI is InChI=1S/C12H18N2O3/c1-13-9-5-6-14(7-9)8-10-3-4-11(17-10)12(15)16-2/h3-4,9,13H,5-8H2,1-2H3. The molecule has 1 aromatic heterocycles. The van der Waals surface area contributed by atoms with Gasteiger partial charge in [-0.1, -0.05) is 0 Å². The summed E-state index contributed by atoms with van der Waals surface area (Å²) in [6.07, 6.45) is 1.15. The molecule has 2 heterocycles.